The maximum absolute atomic E-state index is 4.66. The summed E-state index contributed by atoms with van der Waals surface area (Å²) in [5.74, 6) is 2.95. The van der Waals surface area contributed by atoms with Crippen molar-refractivity contribution in [3.63, 3.8) is 0 Å². The Hall–Kier alpha value is -2.26. The van der Waals surface area contributed by atoms with Crippen molar-refractivity contribution in [3.05, 3.63) is 11.6 Å². The van der Waals surface area contributed by atoms with Gasteiger partial charge in [-0.2, -0.15) is 10.2 Å². The second-order valence-corrected chi connectivity index (χ2v) is 8.82. The van der Waals surface area contributed by atoms with E-state index in [1.54, 1.807) is 9.36 Å². The fourth-order valence-electron chi connectivity index (χ4n) is 2.90. The normalized spacial score (nSPS) is 14.9. The van der Waals surface area contributed by atoms with Crippen LogP contribution in [0, 0.1) is 23.7 Å². The van der Waals surface area contributed by atoms with Crippen molar-refractivity contribution < 1.29 is 0 Å². The van der Waals surface area contributed by atoms with E-state index in [0.717, 1.165) is 24.5 Å². The highest BCUT2D eigenvalue weighted by atomic mass is 15.6. The van der Waals surface area contributed by atoms with Gasteiger partial charge in [-0.15, -0.1) is 10.2 Å². The van der Waals surface area contributed by atoms with Gasteiger partial charge < -0.3 is 0 Å². The fourth-order valence-corrected chi connectivity index (χ4v) is 2.90. The Labute approximate surface area is 167 Å². The summed E-state index contributed by atoms with van der Waals surface area (Å²) in [6.07, 6.45) is 1.06. The molecule has 0 N–H and O–H groups in total. The molecule has 0 saturated heterocycles. The lowest BCUT2D eigenvalue weighted by atomic mass is 10.1. The summed E-state index contributed by atoms with van der Waals surface area (Å²) < 4.78 is 3.58. The van der Waals surface area contributed by atoms with Gasteiger partial charge in [-0.1, -0.05) is 55.4 Å². The van der Waals surface area contributed by atoms with E-state index < -0.39 is 0 Å². The molecule has 0 aromatic carbocycles. The molecule has 0 amide bonds. The number of hydrogen-bond donors (Lipinski definition) is 0. The van der Waals surface area contributed by atoms with Crippen LogP contribution < -0.4 is 0 Å². The molecule has 2 aromatic rings. The van der Waals surface area contributed by atoms with E-state index in [2.05, 4.69) is 96.7 Å². The molecule has 10 nitrogen and oxygen atoms in total. The monoisotopic (exact) mass is 390 g/mol. The average Bonchev–Trinajstić information content (AvgIpc) is 3.19. The number of aromatic nitrogens is 8. The van der Waals surface area contributed by atoms with Crippen molar-refractivity contribution in [1.82, 2.24) is 40.4 Å². The minimum Gasteiger partial charge on any atom is -0.203 e. The summed E-state index contributed by atoms with van der Waals surface area (Å²) in [6, 6.07) is 0. The van der Waals surface area contributed by atoms with Crippen LogP contribution >= 0.6 is 0 Å². The summed E-state index contributed by atoms with van der Waals surface area (Å²) in [5.41, 5.74) is 0. The third-order valence-electron chi connectivity index (χ3n) is 4.30. The maximum atomic E-state index is 4.66. The molecule has 0 aliphatic heterocycles. The van der Waals surface area contributed by atoms with Gasteiger partial charge in [0.1, 0.15) is 0 Å². The van der Waals surface area contributed by atoms with Crippen LogP contribution in [0.25, 0.3) is 0 Å². The van der Waals surface area contributed by atoms with Gasteiger partial charge in [0.2, 0.25) is 0 Å². The van der Waals surface area contributed by atoms with Gasteiger partial charge in [-0.3, -0.25) is 0 Å². The van der Waals surface area contributed by atoms with E-state index in [0.29, 0.717) is 11.8 Å². The maximum Gasteiger partial charge on any atom is 0.168 e. The predicted octanol–water partition coefficient (Wildman–Crippen LogP) is 3.52. The number of hydrogen-bond acceptors (Lipinski definition) is 8. The Balaban J connectivity index is 2.32. The Morgan fingerprint density at radius 2 is 1.00 bits per heavy atom. The van der Waals surface area contributed by atoms with E-state index in [4.69, 9.17) is 0 Å². The molecule has 0 bridgehead atoms. The standard InChI is InChI=1S/C18H34N10/c1-11(2)9-15-19-23-25-27(15)17(13(5)6)21-22-18(14(7)8)28-16(10-12(3)4)20-24-26-28/h11-14,17-18H,9-10H2,1-8H3/b22-21+. The third kappa shape index (κ3) is 5.62. The molecule has 0 saturated carbocycles. The lowest BCUT2D eigenvalue weighted by molar-refractivity contribution is 0.280. The topological polar surface area (TPSA) is 112 Å². The van der Waals surface area contributed by atoms with Crippen LogP contribution in [0.5, 0.6) is 0 Å². The average molecular weight is 391 g/mol. The van der Waals surface area contributed by atoms with Crippen molar-refractivity contribution in [2.75, 3.05) is 0 Å². The molecule has 0 aliphatic rings. The van der Waals surface area contributed by atoms with Crippen LogP contribution in [0.4, 0.5) is 0 Å². The zero-order chi connectivity index (χ0) is 20.8. The first kappa shape index (κ1) is 22.0. The van der Waals surface area contributed by atoms with Crippen LogP contribution in [-0.2, 0) is 12.8 Å². The molecular weight excluding hydrogens is 356 g/mol. The fraction of sp³-hybridized carbons (Fsp3) is 0.889. The quantitative estimate of drug-likeness (QED) is 0.574. The zero-order valence-corrected chi connectivity index (χ0v) is 18.4. The van der Waals surface area contributed by atoms with Gasteiger partial charge in [0.15, 0.2) is 24.0 Å². The molecule has 0 aliphatic carbocycles. The largest absolute Gasteiger partial charge is 0.203 e. The summed E-state index contributed by atoms with van der Waals surface area (Å²) in [7, 11) is 0. The van der Waals surface area contributed by atoms with E-state index in [-0.39, 0.29) is 24.2 Å². The van der Waals surface area contributed by atoms with Crippen LogP contribution in [0.2, 0.25) is 0 Å². The SMILES string of the molecule is CC(C)Cc1nnnn1C(/N=N/C(C(C)C)n1nnnc1CC(C)C)C(C)C. The summed E-state index contributed by atoms with van der Waals surface area (Å²) in [4.78, 5) is 0. The second-order valence-electron chi connectivity index (χ2n) is 8.82. The molecule has 0 radical (unpaired) electrons. The molecule has 0 spiro atoms. The van der Waals surface area contributed by atoms with Gasteiger partial charge in [0.05, 0.1) is 0 Å². The first-order valence-electron chi connectivity index (χ1n) is 10.1. The Morgan fingerprint density at radius 3 is 1.29 bits per heavy atom. The third-order valence-corrected chi connectivity index (χ3v) is 4.30. The van der Waals surface area contributed by atoms with Crippen molar-refractivity contribution in [3.8, 4) is 0 Å². The van der Waals surface area contributed by atoms with Gasteiger partial charge >= 0.3 is 0 Å². The molecule has 156 valence electrons. The van der Waals surface area contributed by atoms with Gasteiger partial charge in [-0.25, -0.2) is 9.36 Å². The molecule has 10 heteroatoms. The highest BCUT2D eigenvalue weighted by Gasteiger charge is 2.24. The van der Waals surface area contributed by atoms with E-state index in [1.807, 2.05) is 0 Å². The molecule has 2 rings (SSSR count). The minimum absolute atomic E-state index is 0.190. The van der Waals surface area contributed by atoms with Gasteiger partial charge in [0.25, 0.3) is 0 Å². The van der Waals surface area contributed by atoms with Crippen LogP contribution in [0.15, 0.2) is 10.2 Å². The highest BCUT2D eigenvalue weighted by Crippen LogP contribution is 2.26. The van der Waals surface area contributed by atoms with Crippen LogP contribution in [0.3, 0.4) is 0 Å². The van der Waals surface area contributed by atoms with E-state index in [1.165, 1.54) is 0 Å². The van der Waals surface area contributed by atoms with Crippen LogP contribution in [-0.4, -0.2) is 40.4 Å². The van der Waals surface area contributed by atoms with Crippen molar-refractivity contribution in [1.29, 1.82) is 0 Å². The number of azo groups is 1. The summed E-state index contributed by atoms with van der Waals surface area (Å²) in [5, 5.41) is 33.8. The Morgan fingerprint density at radius 1 is 0.643 bits per heavy atom. The van der Waals surface area contributed by atoms with Gasteiger partial charge in [-0.05, 0) is 44.5 Å². The predicted molar refractivity (Wildman–Crippen MR) is 105 cm³/mol. The van der Waals surface area contributed by atoms with Crippen molar-refractivity contribution in [2.24, 2.45) is 33.9 Å². The smallest absolute Gasteiger partial charge is 0.168 e. The summed E-state index contributed by atoms with van der Waals surface area (Å²) >= 11 is 0. The second kappa shape index (κ2) is 9.79. The highest BCUT2D eigenvalue weighted by molar-refractivity contribution is 4.88. The lowest BCUT2D eigenvalue weighted by Gasteiger charge is -2.21. The lowest BCUT2D eigenvalue weighted by Crippen LogP contribution is -2.21. The summed E-state index contributed by atoms with van der Waals surface area (Å²) in [6.45, 7) is 17.0. The minimum atomic E-state index is -0.268. The number of tetrazole rings is 2. The van der Waals surface area contributed by atoms with Crippen molar-refractivity contribution in [2.45, 2.75) is 80.6 Å². The van der Waals surface area contributed by atoms with Crippen LogP contribution in [0.1, 0.15) is 79.4 Å². The first-order valence-corrected chi connectivity index (χ1v) is 10.1. The molecule has 2 aromatic heterocycles. The zero-order valence-electron chi connectivity index (χ0n) is 18.4. The molecule has 2 unspecified atom stereocenters. The first-order chi connectivity index (χ1) is 13.2. The molecule has 2 heterocycles. The molecule has 28 heavy (non-hydrogen) atoms. The Bertz CT molecular complexity index is 681. The van der Waals surface area contributed by atoms with E-state index >= 15 is 0 Å². The molecular formula is C18H34N10. The number of nitrogens with zero attached hydrogens (tertiary/aromatic N) is 10. The van der Waals surface area contributed by atoms with Gasteiger partial charge in [0, 0.05) is 12.8 Å². The number of rotatable bonds is 10. The van der Waals surface area contributed by atoms with E-state index in [9.17, 15) is 0 Å². The van der Waals surface area contributed by atoms with Crippen molar-refractivity contribution >= 4 is 0 Å². The molecule has 2 atom stereocenters. The molecule has 0 fully saturated rings. The Kier molecular flexibility index (Phi) is 7.70.